The molecule has 0 aromatic heterocycles. The Hall–Kier alpha value is -0.620. The van der Waals surface area contributed by atoms with Gasteiger partial charge in [0.2, 0.25) is 0 Å². The van der Waals surface area contributed by atoms with Crippen molar-refractivity contribution in [1.29, 1.82) is 0 Å². The molecule has 1 aromatic carbocycles. The molecule has 0 radical (unpaired) electrons. The molecule has 1 aliphatic rings. The number of aliphatic hydroxyl groups excluding tert-OH is 1. The van der Waals surface area contributed by atoms with Gasteiger partial charge >= 0.3 is 0 Å². The van der Waals surface area contributed by atoms with E-state index in [0.717, 1.165) is 17.3 Å². The van der Waals surface area contributed by atoms with Crippen molar-refractivity contribution in [3.05, 3.63) is 33.3 Å². The Labute approximate surface area is 131 Å². The van der Waals surface area contributed by atoms with E-state index in [2.05, 4.69) is 21.2 Å². The molecule has 1 fully saturated rings. The van der Waals surface area contributed by atoms with Crippen molar-refractivity contribution in [3.8, 4) is 0 Å². The van der Waals surface area contributed by atoms with Crippen LogP contribution in [0.25, 0.3) is 0 Å². The first-order valence-electron chi connectivity index (χ1n) is 6.48. The number of hydrogen-bond acceptors (Lipinski definition) is 3. The van der Waals surface area contributed by atoms with E-state index >= 15 is 0 Å². The number of rotatable bonds is 4. The van der Waals surface area contributed by atoms with Crippen molar-refractivity contribution >= 4 is 33.4 Å². The van der Waals surface area contributed by atoms with Crippen LogP contribution in [0.2, 0.25) is 5.02 Å². The third-order valence-electron chi connectivity index (χ3n) is 3.69. The van der Waals surface area contributed by atoms with Crippen LogP contribution in [0.1, 0.15) is 23.2 Å². The molecule has 0 atom stereocenters. The number of aliphatic hydroxyl groups is 1. The van der Waals surface area contributed by atoms with Gasteiger partial charge < -0.3 is 15.2 Å². The highest BCUT2D eigenvalue weighted by Gasteiger charge is 2.32. The minimum atomic E-state index is -0.285. The molecule has 0 spiro atoms. The molecule has 6 heteroatoms. The fraction of sp³-hybridized carbons (Fsp3) is 0.500. The normalized spacial score (nSPS) is 17.8. The second-order valence-corrected chi connectivity index (χ2v) is 6.40. The smallest absolute Gasteiger partial charge is 0.252 e. The first-order valence-corrected chi connectivity index (χ1v) is 7.65. The summed E-state index contributed by atoms with van der Waals surface area (Å²) in [5.74, 6) is -0.226. The summed E-state index contributed by atoms with van der Waals surface area (Å²) in [6, 6.07) is 5.15. The molecule has 20 heavy (non-hydrogen) atoms. The molecule has 0 aliphatic carbocycles. The molecule has 2 N–H and O–H groups in total. The van der Waals surface area contributed by atoms with Crippen LogP contribution in [-0.4, -0.2) is 37.4 Å². The van der Waals surface area contributed by atoms with Crippen molar-refractivity contribution in [2.24, 2.45) is 5.41 Å². The molecule has 1 amide bonds. The maximum absolute atomic E-state index is 12.2. The van der Waals surface area contributed by atoms with Gasteiger partial charge in [0.25, 0.3) is 5.91 Å². The quantitative estimate of drug-likeness (QED) is 0.865. The Bertz CT molecular complexity index is 489. The first-order chi connectivity index (χ1) is 9.56. The minimum absolute atomic E-state index is 0.0445. The molecule has 0 unspecified atom stereocenters. The zero-order chi connectivity index (χ0) is 14.6. The Kier molecular flexibility index (Phi) is 5.43. The SMILES string of the molecule is O=C(NCC1(CO)CCOCC1)c1cc(Br)ccc1Cl. The average molecular weight is 363 g/mol. The van der Waals surface area contributed by atoms with Crippen molar-refractivity contribution in [3.63, 3.8) is 0 Å². The number of benzene rings is 1. The van der Waals surface area contributed by atoms with Crippen LogP contribution in [0.3, 0.4) is 0 Å². The lowest BCUT2D eigenvalue weighted by atomic mass is 9.81. The Morgan fingerprint density at radius 2 is 2.15 bits per heavy atom. The summed E-state index contributed by atoms with van der Waals surface area (Å²) in [4.78, 5) is 12.2. The summed E-state index contributed by atoms with van der Waals surface area (Å²) in [6.45, 7) is 1.71. The third-order valence-corrected chi connectivity index (χ3v) is 4.51. The molecular formula is C14H17BrClNO3. The van der Waals surface area contributed by atoms with E-state index in [1.54, 1.807) is 18.2 Å². The van der Waals surface area contributed by atoms with Crippen molar-refractivity contribution in [2.75, 3.05) is 26.4 Å². The van der Waals surface area contributed by atoms with Gasteiger partial charge in [0.05, 0.1) is 17.2 Å². The van der Waals surface area contributed by atoms with Gasteiger partial charge in [-0.1, -0.05) is 27.5 Å². The molecule has 0 bridgehead atoms. The van der Waals surface area contributed by atoms with Crippen LogP contribution in [0, 0.1) is 5.41 Å². The monoisotopic (exact) mass is 361 g/mol. The summed E-state index contributed by atoms with van der Waals surface area (Å²) in [5.41, 5.74) is 0.146. The topological polar surface area (TPSA) is 58.6 Å². The fourth-order valence-electron chi connectivity index (χ4n) is 2.23. The standard InChI is InChI=1S/C14H17BrClNO3/c15-10-1-2-12(16)11(7-10)13(19)17-8-14(9-18)3-5-20-6-4-14/h1-2,7,18H,3-6,8-9H2,(H,17,19). The van der Waals surface area contributed by atoms with Gasteiger partial charge in [-0.25, -0.2) is 0 Å². The summed E-state index contributed by atoms with van der Waals surface area (Å²) < 4.78 is 6.10. The van der Waals surface area contributed by atoms with Crippen molar-refractivity contribution in [1.82, 2.24) is 5.32 Å². The van der Waals surface area contributed by atoms with Gasteiger partial charge in [0, 0.05) is 29.6 Å². The number of halogens is 2. The van der Waals surface area contributed by atoms with Crippen LogP contribution in [-0.2, 0) is 4.74 Å². The van der Waals surface area contributed by atoms with E-state index in [9.17, 15) is 9.90 Å². The van der Waals surface area contributed by atoms with E-state index < -0.39 is 0 Å². The molecule has 110 valence electrons. The minimum Gasteiger partial charge on any atom is -0.396 e. The Morgan fingerprint density at radius 3 is 2.80 bits per heavy atom. The highest BCUT2D eigenvalue weighted by molar-refractivity contribution is 9.10. The van der Waals surface area contributed by atoms with Gasteiger partial charge in [-0.2, -0.15) is 0 Å². The fourth-order valence-corrected chi connectivity index (χ4v) is 2.79. The van der Waals surface area contributed by atoms with Gasteiger partial charge in [0.15, 0.2) is 0 Å². The Morgan fingerprint density at radius 1 is 1.45 bits per heavy atom. The third kappa shape index (κ3) is 3.73. The molecular weight excluding hydrogens is 346 g/mol. The molecule has 2 rings (SSSR count). The highest BCUT2D eigenvalue weighted by Crippen LogP contribution is 2.29. The summed E-state index contributed by atoms with van der Waals surface area (Å²) in [7, 11) is 0. The number of nitrogens with one attached hydrogen (secondary N) is 1. The molecule has 4 nitrogen and oxygen atoms in total. The first kappa shape index (κ1) is 15.8. The predicted molar refractivity (Wildman–Crippen MR) is 81.1 cm³/mol. The summed E-state index contributed by atoms with van der Waals surface area (Å²) in [6.07, 6.45) is 1.49. The number of ether oxygens (including phenoxy) is 1. The van der Waals surface area contributed by atoms with Crippen LogP contribution in [0.15, 0.2) is 22.7 Å². The Balaban J connectivity index is 2.02. The molecule has 0 saturated carbocycles. The van der Waals surface area contributed by atoms with E-state index in [1.807, 2.05) is 0 Å². The van der Waals surface area contributed by atoms with Crippen molar-refractivity contribution in [2.45, 2.75) is 12.8 Å². The lowest BCUT2D eigenvalue weighted by Crippen LogP contribution is -2.43. The van der Waals surface area contributed by atoms with E-state index in [1.165, 1.54) is 0 Å². The van der Waals surface area contributed by atoms with Crippen LogP contribution in [0.4, 0.5) is 0 Å². The maximum atomic E-state index is 12.2. The maximum Gasteiger partial charge on any atom is 0.252 e. The van der Waals surface area contributed by atoms with Gasteiger partial charge in [0.1, 0.15) is 0 Å². The zero-order valence-corrected chi connectivity index (χ0v) is 13.3. The van der Waals surface area contributed by atoms with E-state index in [-0.39, 0.29) is 17.9 Å². The van der Waals surface area contributed by atoms with Gasteiger partial charge in [-0.3, -0.25) is 4.79 Å². The number of hydrogen-bond donors (Lipinski definition) is 2. The predicted octanol–water partition coefficient (Wildman–Crippen LogP) is 2.62. The largest absolute Gasteiger partial charge is 0.396 e. The van der Waals surface area contributed by atoms with Gasteiger partial charge in [-0.05, 0) is 31.0 Å². The van der Waals surface area contributed by atoms with E-state index in [0.29, 0.717) is 30.3 Å². The molecule has 1 heterocycles. The van der Waals surface area contributed by atoms with Crippen LogP contribution < -0.4 is 5.32 Å². The number of amides is 1. The lowest BCUT2D eigenvalue weighted by molar-refractivity contribution is -0.0146. The average Bonchev–Trinajstić information content (AvgIpc) is 2.48. The second kappa shape index (κ2) is 6.89. The van der Waals surface area contributed by atoms with Crippen LogP contribution in [0.5, 0.6) is 0 Å². The van der Waals surface area contributed by atoms with Crippen LogP contribution >= 0.6 is 27.5 Å². The second-order valence-electron chi connectivity index (χ2n) is 5.08. The number of carbonyl (C=O) groups is 1. The summed E-state index contributed by atoms with van der Waals surface area (Å²) in [5, 5.41) is 12.9. The number of carbonyl (C=O) groups excluding carboxylic acids is 1. The molecule has 1 saturated heterocycles. The molecule has 1 aliphatic heterocycles. The zero-order valence-electron chi connectivity index (χ0n) is 11.0. The lowest BCUT2D eigenvalue weighted by Gasteiger charge is -2.35. The summed E-state index contributed by atoms with van der Waals surface area (Å²) >= 11 is 9.35. The van der Waals surface area contributed by atoms with E-state index in [4.69, 9.17) is 16.3 Å². The highest BCUT2D eigenvalue weighted by atomic mass is 79.9. The molecule has 1 aromatic rings. The van der Waals surface area contributed by atoms with Gasteiger partial charge in [-0.15, -0.1) is 0 Å². The van der Waals surface area contributed by atoms with Crippen molar-refractivity contribution < 1.29 is 14.6 Å².